The van der Waals surface area contributed by atoms with Crippen molar-refractivity contribution in [3.05, 3.63) is 23.8 Å². The number of methoxy groups -OCH3 is 1. The molecule has 0 spiro atoms. The number of para-hydroxylation sites is 1. The summed E-state index contributed by atoms with van der Waals surface area (Å²) in [5.41, 5.74) is 6.31. The summed E-state index contributed by atoms with van der Waals surface area (Å²) in [7, 11) is 1.43. The molecule has 2 N–H and O–H groups in total. The topological polar surface area (TPSA) is 81.9 Å². The average Bonchev–Trinajstić information content (AvgIpc) is 3.30. The first-order valence-electron chi connectivity index (χ1n) is 6.97. The SMILES string of the molecule is CCN(C(=O)COC(=O)c1cccc(N)c1OC)C1CC1. The second kappa shape index (κ2) is 6.47. The summed E-state index contributed by atoms with van der Waals surface area (Å²) in [6.07, 6.45) is 2.05. The first-order valence-corrected chi connectivity index (χ1v) is 6.97. The minimum Gasteiger partial charge on any atom is -0.494 e. The zero-order chi connectivity index (χ0) is 15.4. The van der Waals surface area contributed by atoms with Crippen LogP contribution in [0.3, 0.4) is 0 Å². The Bertz CT molecular complexity index is 540. The standard InChI is InChI=1S/C15H20N2O4/c1-3-17(10-7-8-10)13(18)9-21-15(19)11-5-4-6-12(16)14(11)20-2/h4-6,10H,3,7-9,16H2,1-2H3. The number of nitrogens with zero attached hydrogens (tertiary/aromatic N) is 1. The van der Waals surface area contributed by atoms with Gasteiger partial charge in [0.05, 0.1) is 12.8 Å². The fourth-order valence-corrected chi connectivity index (χ4v) is 2.26. The molecule has 1 aromatic carbocycles. The van der Waals surface area contributed by atoms with E-state index in [1.165, 1.54) is 7.11 Å². The maximum Gasteiger partial charge on any atom is 0.342 e. The van der Waals surface area contributed by atoms with E-state index in [0.717, 1.165) is 12.8 Å². The number of nitrogens with two attached hydrogens (primary N) is 1. The zero-order valence-electron chi connectivity index (χ0n) is 12.3. The van der Waals surface area contributed by atoms with E-state index in [0.29, 0.717) is 18.3 Å². The Morgan fingerprint density at radius 2 is 2.10 bits per heavy atom. The number of likely N-dealkylation sites (N-methyl/N-ethyl adjacent to an activating group) is 1. The number of carbonyl (C=O) groups excluding carboxylic acids is 2. The van der Waals surface area contributed by atoms with Crippen LogP contribution in [0.15, 0.2) is 18.2 Å². The Morgan fingerprint density at radius 1 is 1.38 bits per heavy atom. The summed E-state index contributed by atoms with van der Waals surface area (Å²) in [6, 6.07) is 5.13. The molecule has 0 bridgehead atoms. The maximum atomic E-state index is 12.0. The summed E-state index contributed by atoms with van der Waals surface area (Å²) >= 11 is 0. The number of rotatable bonds is 6. The van der Waals surface area contributed by atoms with Crippen molar-refractivity contribution in [2.24, 2.45) is 0 Å². The van der Waals surface area contributed by atoms with E-state index in [4.69, 9.17) is 15.2 Å². The second-order valence-corrected chi connectivity index (χ2v) is 4.92. The molecule has 0 atom stereocenters. The molecule has 1 saturated carbocycles. The largest absolute Gasteiger partial charge is 0.494 e. The number of anilines is 1. The summed E-state index contributed by atoms with van der Waals surface area (Å²) in [6.45, 7) is 2.28. The molecule has 1 aromatic rings. The minimum absolute atomic E-state index is 0.170. The first kappa shape index (κ1) is 15.2. The molecule has 0 heterocycles. The number of hydrogen-bond acceptors (Lipinski definition) is 5. The summed E-state index contributed by atoms with van der Waals surface area (Å²) in [4.78, 5) is 25.8. The number of esters is 1. The van der Waals surface area contributed by atoms with Crippen molar-refractivity contribution in [2.45, 2.75) is 25.8 Å². The van der Waals surface area contributed by atoms with Gasteiger partial charge in [0, 0.05) is 12.6 Å². The van der Waals surface area contributed by atoms with E-state index in [2.05, 4.69) is 0 Å². The van der Waals surface area contributed by atoms with Gasteiger partial charge in [0.2, 0.25) is 0 Å². The number of ether oxygens (including phenoxy) is 2. The van der Waals surface area contributed by atoms with Crippen LogP contribution in [0.2, 0.25) is 0 Å². The summed E-state index contributed by atoms with van der Waals surface area (Å²) in [5.74, 6) is -0.514. The molecular weight excluding hydrogens is 272 g/mol. The lowest BCUT2D eigenvalue weighted by molar-refractivity contribution is -0.134. The van der Waals surface area contributed by atoms with E-state index >= 15 is 0 Å². The molecule has 0 saturated heterocycles. The minimum atomic E-state index is -0.612. The molecule has 6 nitrogen and oxygen atoms in total. The van der Waals surface area contributed by atoms with Gasteiger partial charge in [0.1, 0.15) is 5.56 Å². The van der Waals surface area contributed by atoms with E-state index in [1.807, 2.05) is 6.92 Å². The fraction of sp³-hybridized carbons (Fsp3) is 0.467. The van der Waals surface area contributed by atoms with Crippen LogP contribution in [-0.4, -0.2) is 43.1 Å². The van der Waals surface area contributed by atoms with Gasteiger partial charge in [-0.05, 0) is 31.9 Å². The molecule has 0 aromatic heterocycles. The van der Waals surface area contributed by atoms with Crippen LogP contribution in [-0.2, 0) is 9.53 Å². The number of amides is 1. The smallest absolute Gasteiger partial charge is 0.342 e. The molecule has 1 fully saturated rings. The molecule has 21 heavy (non-hydrogen) atoms. The Labute approximate surface area is 123 Å². The van der Waals surface area contributed by atoms with E-state index in [1.54, 1.807) is 23.1 Å². The lowest BCUT2D eigenvalue weighted by atomic mass is 10.2. The van der Waals surface area contributed by atoms with Crippen molar-refractivity contribution in [1.29, 1.82) is 0 Å². The predicted octanol–water partition coefficient (Wildman–Crippen LogP) is 1.45. The quantitative estimate of drug-likeness (QED) is 0.634. The highest BCUT2D eigenvalue weighted by molar-refractivity contribution is 5.95. The van der Waals surface area contributed by atoms with Gasteiger partial charge in [-0.1, -0.05) is 6.07 Å². The molecular formula is C15H20N2O4. The van der Waals surface area contributed by atoms with Gasteiger partial charge in [-0.3, -0.25) is 4.79 Å². The van der Waals surface area contributed by atoms with Crippen LogP contribution < -0.4 is 10.5 Å². The highest BCUT2D eigenvalue weighted by atomic mass is 16.5. The number of nitrogen functional groups attached to an aromatic ring is 1. The lowest BCUT2D eigenvalue weighted by Crippen LogP contribution is -2.36. The van der Waals surface area contributed by atoms with Gasteiger partial charge in [0.15, 0.2) is 12.4 Å². The molecule has 0 radical (unpaired) electrons. The predicted molar refractivity (Wildman–Crippen MR) is 78.1 cm³/mol. The molecule has 1 aliphatic rings. The van der Waals surface area contributed by atoms with Gasteiger partial charge < -0.3 is 20.1 Å². The van der Waals surface area contributed by atoms with E-state index in [9.17, 15) is 9.59 Å². The Morgan fingerprint density at radius 3 is 2.67 bits per heavy atom. The monoisotopic (exact) mass is 292 g/mol. The molecule has 6 heteroatoms. The molecule has 0 aliphatic heterocycles. The summed E-state index contributed by atoms with van der Waals surface area (Å²) in [5, 5.41) is 0. The fourth-order valence-electron chi connectivity index (χ4n) is 2.26. The molecule has 1 amide bonds. The van der Waals surface area contributed by atoms with Crippen molar-refractivity contribution in [1.82, 2.24) is 4.90 Å². The first-order chi connectivity index (χ1) is 10.1. The summed E-state index contributed by atoms with van der Waals surface area (Å²) < 4.78 is 10.2. The molecule has 1 aliphatic carbocycles. The zero-order valence-corrected chi connectivity index (χ0v) is 12.3. The number of carbonyl (C=O) groups is 2. The Kier molecular flexibility index (Phi) is 4.67. The molecule has 0 unspecified atom stereocenters. The Hall–Kier alpha value is -2.24. The lowest BCUT2D eigenvalue weighted by Gasteiger charge is -2.20. The third-order valence-electron chi connectivity index (χ3n) is 3.44. The van der Waals surface area contributed by atoms with Gasteiger partial charge >= 0.3 is 5.97 Å². The van der Waals surface area contributed by atoms with Crippen LogP contribution in [0, 0.1) is 0 Å². The van der Waals surface area contributed by atoms with Gasteiger partial charge in [0.25, 0.3) is 5.91 Å². The highest BCUT2D eigenvalue weighted by Crippen LogP contribution is 2.28. The highest BCUT2D eigenvalue weighted by Gasteiger charge is 2.31. The molecule has 114 valence electrons. The van der Waals surface area contributed by atoms with Crippen molar-refractivity contribution in [3.63, 3.8) is 0 Å². The second-order valence-electron chi connectivity index (χ2n) is 4.92. The third kappa shape index (κ3) is 3.45. The van der Waals surface area contributed by atoms with Crippen LogP contribution >= 0.6 is 0 Å². The van der Waals surface area contributed by atoms with Gasteiger partial charge in [-0.25, -0.2) is 4.79 Å². The molecule has 2 rings (SSSR count). The number of hydrogen-bond donors (Lipinski definition) is 1. The normalized spacial score (nSPS) is 13.6. The van der Waals surface area contributed by atoms with E-state index < -0.39 is 5.97 Å². The van der Waals surface area contributed by atoms with Gasteiger partial charge in [-0.15, -0.1) is 0 Å². The van der Waals surface area contributed by atoms with Crippen molar-refractivity contribution >= 4 is 17.6 Å². The van der Waals surface area contributed by atoms with Crippen LogP contribution in [0.1, 0.15) is 30.1 Å². The maximum absolute atomic E-state index is 12.0. The van der Waals surface area contributed by atoms with Crippen molar-refractivity contribution in [2.75, 3.05) is 26.0 Å². The Balaban J connectivity index is 1.98. The van der Waals surface area contributed by atoms with Crippen molar-refractivity contribution in [3.8, 4) is 5.75 Å². The van der Waals surface area contributed by atoms with E-state index in [-0.39, 0.29) is 23.8 Å². The third-order valence-corrected chi connectivity index (χ3v) is 3.44. The number of benzene rings is 1. The van der Waals surface area contributed by atoms with Crippen LogP contribution in [0.5, 0.6) is 5.75 Å². The average molecular weight is 292 g/mol. The van der Waals surface area contributed by atoms with Crippen LogP contribution in [0.25, 0.3) is 0 Å². The van der Waals surface area contributed by atoms with Crippen LogP contribution in [0.4, 0.5) is 5.69 Å². The van der Waals surface area contributed by atoms with Crippen molar-refractivity contribution < 1.29 is 19.1 Å². The van der Waals surface area contributed by atoms with Gasteiger partial charge in [-0.2, -0.15) is 0 Å².